The standard InChI is InChI=1S/C9H12N2S/c1-3-4-5-10-6-9-8(2)11-7-12-9/h7,10H,5-6H2,1-2H3. The van der Waals surface area contributed by atoms with Crippen LogP contribution in [0.15, 0.2) is 5.51 Å². The molecule has 2 nitrogen and oxygen atoms in total. The zero-order valence-electron chi connectivity index (χ0n) is 7.35. The first-order valence-corrected chi connectivity index (χ1v) is 4.72. The van der Waals surface area contributed by atoms with E-state index in [0.717, 1.165) is 18.8 Å². The van der Waals surface area contributed by atoms with Gasteiger partial charge in [0.15, 0.2) is 0 Å². The predicted molar refractivity (Wildman–Crippen MR) is 52.0 cm³/mol. The average molecular weight is 180 g/mol. The molecule has 3 heteroatoms. The largest absolute Gasteiger partial charge is 0.301 e. The van der Waals surface area contributed by atoms with Crippen LogP contribution in [0.2, 0.25) is 0 Å². The Morgan fingerprint density at radius 2 is 2.50 bits per heavy atom. The van der Waals surface area contributed by atoms with Gasteiger partial charge in [0.2, 0.25) is 0 Å². The minimum absolute atomic E-state index is 0.758. The molecule has 0 aromatic carbocycles. The SMILES string of the molecule is CC#CCNCc1scnc1C. The molecule has 1 rings (SSSR count). The van der Waals surface area contributed by atoms with Crippen molar-refractivity contribution >= 4 is 11.3 Å². The fourth-order valence-electron chi connectivity index (χ4n) is 0.823. The molecule has 0 aliphatic rings. The molecule has 0 radical (unpaired) electrons. The topological polar surface area (TPSA) is 24.9 Å². The molecule has 0 aliphatic heterocycles. The summed E-state index contributed by atoms with van der Waals surface area (Å²) in [7, 11) is 0. The third-order valence-electron chi connectivity index (χ3n) is 1.52. The van der Waals surface area contributed by atoms with Gasteiger partial charge in [-0.05, 0) is 13.8 Å². The normalized spacial score (nSPS) is 9.17. The Morgan fingerprint density at radius 1 is 1.67 bits per heavy atom. The maximum absolute atomic E-state index is 4.16. The lowest BCUT2D eigenvalue weighted by molar-refractivity contribution is 0.774. The maximum Gasteiger partial charge on any atom is 0.0798 e. The van der Waals surface area contributed by atoms with Crippen LogP contribution in [0.25, 0.3) is 0 Å². The lowest BCUT2D eigenvalue weighted by Crippen LogP contribution is -2.12. The maximum atomic E-state index is 4.16. The first kappa shape index (κ1) is 9.24. The minimum atomic E-state index is 0.758. The van der Waals surface area contributed by atoms with E-state index in [0.29, 0.717) is 0 Å². The molecule has 1 heterocycles. The summed E-state index contributed by atoms with van der Waals surface area (Å²) in [5.74, 6) is 5.79. The molecule has 1 aromatic rings. The Morgan fingerprint density at radius 3 is 3.08 bits per heavy atom. The molecular weight excluding hydrogens is 168 g/mol. The summed E-state index contributed by atoms with van der Waals surface area (Å²) in [6.07, 6.45) is 0. The van der Waals surface area contributed by atoms with Crippen LogP contribution in [0.3, 0.4) is 0 Å². The highest BCUT2D eigenvalue weighted by molar-refractivity contribution is 7.09. The van der Waals surface area contributed by atoms with E-state index in [1.54, 1.807) is 11.3 Å². The van der Waals surface area contributed by atoms with E-state index in [1.807, 2.05) is 19.4 Å². The van der Waals surface area contributed by atoms with Crippen LogP contribution in [-0.2, 0) is 6.54 Å². The summed E-state index contributed by atoms with van der Waals surface area (Å²) in [6, 6.07) is 0. The van der Waals surface area contributed by atoms with Gasteiger partial charge in [0.1, 0.15) is 0 Å². The lowest BCUT2D eigenvalue weighted by atomic mass is 10.4. The van der Waals surface area contributed by atoms with Gasteiger partial charge in [-0.15, -0.1) is 17.3 Å². The Balaban J connectivity index is 2.32. The van der Waals surface area contributed by atoms with E-state index < -0.39 is 0 Å². The highest BCUT2D eigenvalue weighted by Crippen LogP contribution is 2.10. The highest BCUT2D eigenvalue weighted by Gasteiger charge is 1.98. The summed E-state index contributed by atoms with van der Waals surface area (Å²) < 4.78 is 0. The number of hydrogen-bond donors (Lipinski definition) is 1. The second-order valence-electron chi connectivity index (χ2n) is 2.39. The van der Waals surface area contributed by atoms with Crippen LogP contribution < -0.4 is 5.32 Å². The third kappa shape index (κ3) is 2.65. The van der Waals surface area contributed by atoms with Gasteiger partial charge < -0.3 is 5.32 Å². The summed E-state index contributed by atoms with van der Waals surface area (Å²) in [6.45, 7) is 5.51. The van der Waals surface area contributed by atoms with Crippen molar-refractivity contribution < 1.29 is 0 Å². The van der Waals surface area contributed by atoms with E-state index >= 15 is 0 Å². The first-order chi connectivity index (χ1) is 5.84. The number of aromatic nitrogens is 1. The van der Waals surface area contributed by atoms with Crippen molar-refractivity contribution in [2.75, 3.05) is 6.54 Å². The fraction of sp³-hybridized carbons (Fsp3) is 0.444. The molecular formula is C9H12N2S. The van der Waals surface area contributed by atoms with E-state index in [2.05, 4.69) is 22.1 Å². The molecule has 1 aromatic heterocycles. The first-order valence-electron chi connectivity index (χ1n) is 3.84. The van der Waals surface area contributed by atoms with E-state index in [-0.39, 0.29) is 0 Å². The van der Waals surface area contributed by atoms with Gasteiger partial charge in [-0.1, -0.05) is 5.92 Å². The van der Waals surface area contributed by atoms with Crippen LogP contribution in [0.4, 0.5) is 0 Å². The van der Waals surface area contributed by atoms with Crippen LogP contribution in [0, 0.1) is 18.8 Å². The van der Waals surface area contributed by atoms with Gasteiger partial charge in [0.05, 0.1) is 17.7 Å². The smallest absolute Gasteiger partial charge is 0.0798 e. The Hall–Kier alpha value is -0.850. The van der Waals surface area contributed by atoms with Gasteiger partial charge in [-0.2, -0.15) is 0 Å². The van der Waals surface area contributed by atoms with Gasteiger partial charge in [-0.25, -0.2) is 4.98 Å². The highest BCUT2D eigenvalue weighted by atomic mass is 32.1. The molecule has 0 aliphatic carbocycles. The van der Waals surface area contributed by atoms with E-state index in [9.17, 15) is 0 Å². The quantitative estimate of drug-likeness (QED) is 0.564. The number of nitrogens with one attached hydrogen (secondary N) is 1. The van der Waals surface area contributed by atoms with Crippen molar-refractivity contribution in [3.8, 4) is 11.8 Å². The minimum Gasteiger partial charge on any atom is -0.301 e. The number of thiazole rings is 1. The van der Waals surface area contributed by atoms with E-state index in [1.165, 1.54) is 4.88 Å². The fourth-order valence-corrected chi connectivity index (χ4v) is 1.57. The molecule has 0 saturated carbocycles. The molecule has 0 fully saturated rings. The molecule has 0 spiro atoms. The molecule has 0 amide bonds. The predicted octanol–water partition coefficient (Wildman–Crippen LogP) is 1.56. The van der Waals surface area contributed by atoms with Crippen molar-refractivity contribution in [3.05, 3.63) is 16.1 Å². The zero-order valence-corrected chi connectivity index (χ0v) is 8.16. The third-order valence-corrected chi connectivity index (χ3v) is 2.46. The Labute approximate surface area is 77.0 Å². The van der Waals surface area contributed by atoms with Gasteiger partial charge in [-0.3, -0.25) is 0 Å². The van der Waals surface area contributed by atoms with Crippen LogP contribution >= 0.6 is 11.3 Å². The molecule has 0 saturated heterocycles. The Bertz CT molecular complexity index is 293. The summed E-state index contributed by atoms with van der Waals surface area (Å²) >= 11 is 1.69. The molecule has 12 heavy (non-hydrogen) atoms. The number of rotatable bonds is 3. The number of aryl methyl sites for hydroxylation is 1. The second-order valence-corrected chi connectivity index (χ2v) is 3.33. The summed E-state index contributed by atoms with van der Waals surface area (Å²) in [5.41, 5.74) is 3.00. The van der Waals surface area contributed by atoms with Crippen molar-refractivity contribution in [2.24, 2.45) is 0 Å². The molecule has 1 N–H and O–H groups in total. The van der Waals surface area contributed by atoms with Crippen molar-refractivity contribution in [2.45, 2.75) is 20.4 Å². The molecule has 0 atom stereocenters. The molecule has 64 valence electrons. The van der Waals surface area contributed by atoms with Crippen LogP contribution in [0.5, 0.6) is 0 Å². The Kier molecular flexibility index (Phi) is 3.78. The van der Waals surface area contributed by atoms with Crippen LogP contribution in [-0.4, -0.2) is 11.5 Å². The van der Waals surface area contributed by atoms with Crippen molar-refractivity contribution in [1.29, 1.82) is 0 Å². The van der Waals surface area contributed by atoms with Gasteiger partial charge >= 0.3 is 0 Å². The number of nitrogens with zero attached hydrogens (tertiary/aromatic N) is 1. The average Bonchev–Trinajstić information content (AvgIpc) is 2.46. The van der Waals surface area contributed by atoms with E-state index in [4.69, 9.17) is 0 Å². The summed E-state index contributed by atoms with van der Waals surface area (Å²) in [5, 5.41) is 3.23. The van der Waals surface area contributed by atoms with Crippen molar-refractivity contribution in [3.63, 3.8) is 0 Å². The second kappa shape index (κ2) is 4.91. The van der Waals surface area contributed by atoms with Crippen LogP contribution in [0.1, 0.15) is 17.5 Å². The monoisotopic (exact) mass is 180 g/mol. The summed E-state index contributed by atoms with van der Waals surface area (Å²) in [4.78, 5) is 5.46. The molecule has 0 bridgehead atoms. The van der Waals surface area contributed by atoms with Gasteiger partial charge in [0, 0.05) is 11.4 Å². The zero-order chi connectivity index (χ0) is 8.81. The van der Waals surface area contributed by atoms with Crippen molar-refractivity contribution in [1.82, 2.24) is 10.3 Å². The van der Waals surface area contributed by atoms with Gasteiger partial charge in [0.25, 0.3) is 0 Å². The molecule has 0 unspecified atom stereocenters. The number of hydrogen-bond acceptors (Lipinski definition) is 3. The lowest BCUT2D eigenvalue weighted by Gasteiger charge is -1.97.